The van der Waals surface area contributed by atoms with E-state index in [1.165, 1.54) is 6.34 Å². The summed E-state index contributed by atoms with van der Waals surface area (Å²) in [4.78, 5) is 23.6. The number of carbonyl (C=O) groups is 2. The van der Waals surface area contributed by atoms with Gasteiger partial charge >= 0.3 is 11.9 Å². The molecular formula is C6H9N2O3+. The van der Waals surface area contributed by atoms with Crippen LogP contribution >= 0.6 is 0 Å². The molecule has 0 unspecified atom stereocenters. The number of hydrogen-bond donors (Lipinski definition) is 3. The molecule has 60 valence electrons. The molecule has 5 nitrogen and oxygen atoms in total. The van der Waals surface area contributed by atoms with Crippen molar-refractivity contribution >= 4 is 18.2 Å². The quantitative estimate of drug-likeness (QED) is 0.422. The van der Waals surface area contributed by atoms with Crippen LogP contribution in [-0.4, -0.2) is 29.4 Å². The Bertz CT molecular complexity index is 212. The highest BCUT2D eigenvalue weighted by atomic mass is 16.4. The lowest BCUT2D eigenvalue weighted by Crippen LogP contribution is -2.74. The number of amides is 1. The van der Waals surface area contributed by atoms with Gasteiger partial charge in [-0.05, 0) is 0 Å². The van der Waals surface area contributed by atoms with Crippen molar-refractivity contribution in [1.29, 1.82) is 0 Å². The lowest BCUT2D eigenvalue weighted by molar-refractivity contribution is -0.476. The van der Waals surface area contributed by atoms with Gasteiger partial charge in [0.15, 0.2) is 6.04 Å². The Morgan fingerprint density at radius 1 is 1.82 bits per heavy atom. The fraction of sp³-hybridized carbons (Fsp3) is 0.500. The Hall–Kier alpha value is -1.39. The average Bonchev–Trinajstić information content (AvgIpc) is 2.31. The van der Waals surface area contributed by atoms with E-state index in [0.717, 1.165) is 0 Å². The van der Waals surface area contributed by atoms with Crippen LogP contribution in [0.3, 0.4) is 0 Å². The van der Waals surface area contributed by atoms with Gasteiger partial charge < -0.3 is 5.11 Å². The second-order valence-electron chi connectivity index (χ2n) is 2.30. The third-order valence-electron chi connectivity index (χ3n) is 1.46. The molecule has 0 aromatic rings. The molecule has 1 atom stereocenters. The normalized spacial score (nSPS) is 21.8. The van der Waals surface area contributed by atoms with Crippen molar-refractivity contribution in [3.8, 4) is 0 Å². The first-order valence-electron chi connectivity index (χ1n) is 3.30. The molecule has 0 fully saturated rings. The topological polar surface area (TPSA) is 80.4 Å². The summed E-state index contributed by atoms with van der Waals surface area (Å²) in [6.45, 7) is 0. The van der Waals surface area contributed by atoms with Crippen molar-refractivity contribution in [1.82, 2.24) is 5.32 Å². The predicted molar refractivity (Wildman–Crippen MR) is 35.8 cm³/mol. The van der Waals surface area contributed by atoms with Crippen molar-refractivity contribution in [3.63, 3.8) is 0 Å². The number of carboxylic acids is 1. The van der Waals surface area contributed by atoms with Crippen LogP contribution in [0, 0.1) is 0 Å². The van der Waals surface area contributed by atoms with E-state index in [0.29, 0.717) is 6.42 Å². The first-order valence-corrected chi connectivity index (χ1v) is 3.30. The summed E-state index contributed by atoms with van der Waals surface area (Å²) < 4.78 is 0. The summed E-state index contributed by atoms with van der Waals surface area (Å²) in [6, 6.07) is -0.369. The summed E-state index contributed by atoms with van der Waals surface area (Å²) in [5.41, 5.74) is 0. The molecular weight excluding hydrogens is 148 g/mol. The fourth-order valence-electron chi connectivity index (χ4n) is 0.872. The summed E-state index contributed by atoms with van der Waals surface area (Å²) >= 11 is 0. The smallest absolute Gasteiger partial charge is 0.351 e. The molecule has 1 aliphatic rings. The van der Waals surface area contributed by atoms with E-state index in [9.17, 15) is 9.59 Å². The van der Waals surface area contributed by atoms with Crippen LogP contribution in [0.2, 0.25) is 0 Å². The minimum Gasteiger partial charge on any atom is -0.481 e. The maximum Gasteiger partial charge on any atom is 0.351 e. The van der Waals surface area contributed by atoms with Crippen LogP contribution in [0.1, 0.15) is 12.8 Å². The maximum absolute atomic E-state index is 10.8. The average molecular weight is 157 g/mol. The second kappa shape index (κ2) is 3.14. The van der Waals surface area contributed by atoms with Gasteiger partial charge in [-0.3, -0.25) is 9.79 Å². The van der Waals surface area contributed by atoms with Gasteiger partial charge in [-0.15, -0.1) is 0 Å². The van der Waals surface area contributed by atoms with Gasteiger partial charge in [0.05, 0.1) is 0 Å². The first-order chi connectivity index (χ1) is 5.20. The zero-order valence-electron chi connectivity index (χ0n) is 5.83. The molecule has 1 amide bonds. The molecule has 0 radical (unpaired) electrons. The van der Waals surface area contributed by atoms with Gasteiger partial charge in [0.25, 0.3) is 0 Å². The van der Waals surface area contributed by atoms with Crippen molar-refractivity contribution < 1.29 is 19.7 Å². The standard InChI is InChI=1S/C6H8N2O3/c9-5(10)2-1-4-6(11)8-3-7-4/h3-4H,1-2H2,(H,9,10)(H,7,8,11)/p+1/t4-/m1/s1. The minimum atomic E-state index is -0.883. The van der Waals surface area contributed by atoms with E-state index in [2.05, 4.69) is 10.3 Å². The fourth-order valence-corrected chi connectivity index (χ4v) is 0.872. The zero-order valence-corrected chi connectivity index (χ0v) is 5.83. The number of nitrogens with one attached hydrogen (secondary N) is 2. The number of hydrogen-bond acceptors (Lipinski definition) is 2. The largest absolute Gasteiger partial charge is 0.481 e. The molecule has 11 heavy (non-hydrogen) atoms. The van der Waals surface area contributed by atoms with Crippen molar-refractivity contribution in [2.75, 3.05) is 0 Å². The Morgan fingerprint density at radius 2 is 2.55 bits per heavy atom. The van der Waals surface area contributed by atoms with Crippen LogP contribution in [0.25, 0.3) is 0 Å². The van der Waals surface area contributed by atoms with E-state index >= 15 is 0 Å². The van der Waals surface area contributed by atoms with Gasteiger partial charge in [-0.2, -0.15) is 0 Å². The third kappa shape index (κ3) is 2.03. The maximum atomic E-state index is 10.8. The van der Waals surface area contributed by atoms with Crippen LogP contribution in [-0.2, 0) is 9.59 Å². The molecule has 0 saturated carbocycles. The van der Waals surface area contributed by atoms with Gasteiger partial charge in [0.2, 0.25) is 6.34 Å². The molecule has 0 aromatic heterocycles. The predicted octanol–water partition coefficient (Wildman–Crippen LogP) is -2.54. The SMILES string of the molecule is O=C(O)CC[C@H]1[NH+]=CNC1=O. The molecule has 0 saturated heterocycles. The number of carboxylic acid groups (broad SMARTS) is 1. The number of carbonyl (C=O) groups excluding carboxylic acids is 1. The van der Waals surface area contributed by atoms with Gasteiger partial charge in [0.1, 0.15) is 0 Å². The number of aliphatic carboxylic acids is 1. The van der Waals surface area contributed by atoms with Gasteiger partial charge in [-0.1, -0.05) is 0 Å². The summed E-state index contributed by atoms with van der Waals surface area (Å²) in [6.07, 6.45) is 1.77. The van der Waals surface area contributed by atoms with Crippen LogP contribution in [0.15, 0.2) is 0 Å². The van der Waals surface area contributed by atoms with Crippen molar-refractivity contribution in [2.24, 2.45) is 0 Å². The summed E-state index contributed by atoms with van der Waals surface area (Å²) in [7, 11) is 0. The Balaban J connectivity index is 2.31. The van der Waals surface area contributed by atoms with Crippen LogP contribution in [0.5, 0.6) is 0 Å². The molecule has 5 heteroatoms. The lowest BCUT2D eigenvalue weighted by atomic mass is 10.1. The highest BCUT2D eigenvalue weighted by Gasteiger charge is 2.26. The van der Waals surface area contributed by atoms with E-state index < -0.39 is 5.97 Å². The van der Waals surface area contributed by atoms with Crippen molar-refractivity contribution in [3.05, 3.63) is 0 Å². The van der Waals surface area contributed by atoms with E-state index in [1.807, 2.05) is 0 Å². The number of rotatable bonds is 3. The Labute approximate surface area is 63.1 Å². The van der Waals surface area contributed by atoms with Crippen LogP contribution < -0.4 is 10.3 Å². The van der Waals surface area contributed by atoms with Gasteiger partial charge in [-0.25, -0.2) is 10.1 Å². The molecule has 1 rings (SSSR count). The summed E-state index contributed by atoms with van der Waals surface area (Å²) in [5.74, 6) is -1.04. The Kier molecular flexibility index (Phi) is 2.20. The minimum absolute atomic E-state index is 0.0128. The third-order valence-corrected chi connectivity index (χ3v) is 1.46. The summed E-state index contributed by atoms with van der Waals surface area (Å²) in [5, 5.41) is 10.7. The first kappa shape index (κ1) is 7.71. The lowest BCUT2D eigenvalue weighted by Gasteiger charge is -1.96. The molecule has 0 bridgehead atoms. The molecule has 0 aromatic carbocycles. The molecule has 1 heterocycles. The van der Waals surface area contributed by atoms with Crippen LogP contribution in [0.4, 0.5) is 0 Å². The monoisotopic (exact) mass is 157 g/mol. The molecule has 1 aliphatic heterocycles. The van der Waals surface area contributed by atoms with E-state index in [-0.39, 0.29) is 18.4 Å². The molecule has 0 aliphatic carbocycles. The highest BCUT2D eigenvalue weighted by molar-refractivity contribution is 5.92. The van der Waals surface area contributed by atoms with E-state index in [4.69, 9.17) is 5.11 Å². The second-order valence-corrected chi connectivity index (χ2v) is 2.30. The Morgan fingerprint density at radius 3 is 3.00 bits per heavy atom. The van der Waals surface area contributed by atoms with Crippen molar-refractivity contribution in [2.45, 2.75) is 18.9 Å². The molecule has 3 N–H and O–H groups in total. The molecule has 0 spiro atoms. The highest BCUT2D eigenvalue weighted by Crippen LogP contribution is 1.93. The zero-order chi connectivity index (χ0) is 8.27. The van der Waals surface area contributed by atoms with E-state index in [1.54, 1.807) is 0 Å². The van der Waals surface area contributed by atoms with Gasteiger partial charge in [0, 0.05) is 12.8 Å².